The topological polar surface area (TPSA) is 92.8 Å². The molecule has 7 nitrogen and oxygen atoms in total. The van der Waals surface area contributed by atoms with Crippen LogP contribution in [0, 0.1) is 5.92 Å². The molecule has 1 aliphatic carbocycles. The number of ether oxygens (including phenoxy) is 1. The first-order valence-corrected chi connectivity index (χ1v) is 11.5. The Morgan fingerprint density at radius 1 is 1.00 bits per heavy atom. The van der Waals surface area contributed by atoms with Crippen molar-refractivity contribution in [1.82, 2.24) is 10.2 Å². The van der Waals surface area contributed by atoms with Crippen molar-refractivity contribution in [3.63, 3.8) is 0 Å². The Morgan fingerprint density at radius 3 is 2.42 bits per heavy atom. The van der Waals surface area contributed by atoms with Crippen molar-refractivity contribution in [2.45, 2.75) is 51.7 Å². The molecule has 1 N–H and O–H groups in total. The largest absolute Gasteiger partial charge is 0.449 e. The summed E-state index contributed by atoms with van der Waals surface area (Å²) < 4.78 is 5.32. The van der Waals surface area contributed by atoms with Crippen molar-refractivity contribution in [1.29, 1.82) is 0 Å². The number of fused-ring (bicyclic) bond motifs is 1. The predicted octanol–water partition coefficient (Wildman–Crippen LogP) is 3.72. The number of nitrogens with one attached hydrogen (secondary N) is 1. The van der Waals surface area contributed by atoms with Gasteiger partial charge >= 0.3 is 5.97 Å². The summed E-state index contributed by atoms with van der Waals surface area (Å²) in [7, 11) is 0. The van der Waals surface area contributed by atoms with Gasteiger partial charge in [-0.25, -0.2) is 4.79 Å². The number of rotatable bonds is 7. The molecule has 0 saturated heterocycles. The molecule has 1 aliphatic heterocycles. The molecule has 1 saturated carbocycles. The maximum absolute atomic E-state index is 12.8. The van der Waals surface area contributed by atoms with E-state index in [0.717, 1.165) is 23.3 Å². The Labute approximate surface area is 193 Å². The van der Waals surface area contributed by atoms with Crippen LogP contribution in [-0.2, 0) is 16.1 Å². The number of carbonyl (C=O) groups is 4. The van der Waals surface area contributed by atoms with Gasteiger partial charge in [0.15, 0.2) is 6.10 Å². The van der Waals surface area contributed by atoms with E-state index in [2.05, 4.69) is 5.32 Å². The van der Waals surface area contributed by atoms with Crippen molar-refractivity contribution < 1.29 is 23.9 Å². The number of imide groups is 1. The van der Waals surface area contributed by atoms with E-state index >= 15 is 0 Å². The van der Waals surface area contributed by atoms with Gasteiger partial charge < -0.3 is 10.1 Å². The molecule has 4 rings (SSSR count). The molecule has 0 unspecified atom stereocenters. The van der Waals surface area contributed by atoms with E-state index in [0.29, 0.717) is 12.5 Å². The van der Waals surface area contributed by atoms with Crippen molar-refractivity contribution in [3.8, 4) is 0 Å². The third-order valence-electron chi connectivity index (χ3n) is 6.33. The van der Waals surface area contributed by atoms with Gasteiger partial charge in [0.1, 0.15) is 0 Å². The molecule has 33 heavy (non-hydrogen) atoms. The SMILES string of the molecule is C[C@@H](OC(=O)c1ccc2c(c1)C(=O)N(Cc1ccccc1)C2=O)C(=O)NCC1CCCCC1. The maximum atomic E-state index is 12.8. The third-order valence-corrected chi connectivity index (χ3v) is 6.33. The molecule has 2 aliphatic rings. The summed E-state index contributed by atoms with van der Waals surface area (Å²) in [6.45, 7) is 2.27. The van der Waals surface area contributed by atoms with Gasteiger partial charge in [-0.3, -0.25) is 19.3 Å². The zero-order valence-corrected chi connectivity index (χ0v) is 18.7. The number of hydrogen-bond donors (Lipinski definition) is 1. The first-order chi connectivity index (χ1) is 15.9. The summed E-state index contributed by atoms with van der Waals surface area (Å²) in [5.41, 5.74) is 1.38. The number of hydrogen-bond acceptors (Lipinski definition) is 5. The van der Waals surface area contributed by atoms with Crippen LogP contribution in [0.25, 0.3) is 0 Å². The second-order valence-electron chi connectivity index (χ2n) is 8.74. The normalized spacial score (nSPS) is 16.9. The Balaban J connectivity index is 1.37. The summed E-state index contributed by atoms with van der Waals surface area (Å²) in [4.78, 5) is 51.7. The van der Waals surface area contributed by atoms with Crippen molar-refractivity contribution in [3.05, 3.63) is 70.8 Å². The fourth-order valence-electron chi connectivity index (χ4n) is 4.39. The van der Waals surface area contributed by atoms with E-state index in [4.69, 9.17) is 4.74 Å². The number of amides is 3. The average Bonchev–Trinajstić information content (AvgIpc) is 3.08. The molecular formula is C26H28N2O5. The highest BCUT2D eigenvalue weighted by Crippen LogP contribution is 2.26. The van der Waals surface area contributed by atoms with Crippen LogP contribution < -0.4 is 5.32 Å². The molecule has 2 aromatic carbocycles. The van der Waals surface area contributed by atoms with Gasteiger partial charge in [-0.1, -0.05) is 49.6 Å². The smallest absolute Gasteiger partial charge is 0.338 e. The standard InChI is InChI=1S/C26H28N2O5/c1-17(23(29)27-15-18-8-4-2-5-9-18)33-26(32)20-12-13-21-22(14-20)25(31)28(24(21)30)16-19-10-6-3-7-11-19/h3,6-7,10-14,17-18H,2,4-5,8-9,15-16H2,1H3,(H,27,29)/t17-/m1/s1. The molecule has 0 radical (unpaired) electrons. The van der Waals surface area contributed by atoms with Crippen LogP contribution in [0.4, 0.5) is 0 Å². The molecule has 1 atom stereocenters. The number of nitrogens with zero attached hydrogens (tertiary/aromatic N) is 1. The summed E-state index contributed by atoms with van der Waals surface area (Å²) in [6.07, 6.45) is 4.88. The third kappa shape index (κ3) is 5.13. The first-order valence-electron chi connectivity index (χ1n) is 11.5. The lowest BCUT2D eigenvalue weighted by atomic mass is 9.89. The molecule has 3 amide bonds. The average molecular weight is 449 g/mol. The lowest BCUT2D eigenvalue weighted by molar-refractivity contribution is -0.129. The zero-order valence-electron chi connectivity index (χ0n) is 18.7. The van der Waals surface area contributed by atoms with Crippen LogP contribution in [0.5, 0.6) is 0 Å². The monoisotopic (exact) mass is 448 g/mol. The lowest BCUT2D eigenvalue weighted by Crippen LogP contribution is -2.38. The van der Waals surface area contributed by atoms with E-state index in [1.54, 1.807) is 0 Å². The number of benzene rings is 2. The summed E-state index contributed by atoms with van der Waals surface area (Å²) in [6, 6.07) is 13.5. The van der Waals surface area contributed by atoms with Gasteiger partial charge in [0.25, 0.3) is 17.7 Å². The highest BCUT2D eigenvalue weighted by molar-refractivity contribution is 6.21. The van der Waals surface area contributed by atoms with Crippen molar-refractivity contribution >= 4 is 23.7 Å². The molecule has 0 spiro atoms. The predicted molar refractivity (Wildman–Crippen MR) is 122 cm³/mol. The van der Waals surface area contributed by atoms with Crippen LogP contribution in [0.3, 0.4) is 0 Å². The highest BCUT2D eigenvalue weighted by Gasteiger charge is 2.36. The van der Waals surface area contributed by atoms with Crippen molar-refractivity contribution in [2.75, 3.05) is 6.54 Å². The van der Waals surface area contributed by atoms with Gasteiger partial charge in [-0.15, -0.1) is 0 Å². The molecular weight excluding hydrogens is 420 g/mol. The van der Waals surface area contributed by atoms with Crippen LogP contribution in [0.2, 0.25) is 0 Å². The van der Waals surface area contributed by atoms with E-state index < -0.39 is 23.9 Å². The van der Waals surface area contributed by atoms with Gasteiger partial charge in [0, 0.05) is 6.54 Å². The molecule has 1 heterocycles. The fourth-order valence-corrected chi connectivity index (χ4v) is 4.39. The summed E-state index contributed by atoms with van der Waals surface area (Å²) >= 11 is 0. The zero-order chi connectivity index (χ0) is 23.4. The molecule has 1 fully saturated rings. The minimum atomic E-state index is -0.957. The molecule has 0 bridgehead atoms. The molecule has 172 valence electrons. The Kier molecular flexibility index (Phi) is 6.87. The minimum Gasteiger partial charge on any atom is -0.449 e. The van der Waals surface area contributed by atoms with E-state index in [-0.39, 0.29) is 29.1 Å². The summed E-state index contributed by atoms with van der Waals surface area (Å²) in [5.74, 6) is -1.42. The number of esters is 1. The van der Waals surface area contributed by atoms with E-state index in [9.17, 15) is 19.2 Å². The molecule has 2 aromatic rings. The second kappa shape index (κ2) is 9.98. The van der Waals surface area contributed by atoms with E-state index in [1.165, 1.54) is 44.4 Å². The maximum Gasteiger partial charge on any atom is 0.338 e. The van der Waals surface area contributed by atoms with Gasteiger partial charge in [0.05, 0.1) is 23.2 Å². The van der Waals surface area contributed by atoms with Crippen LogP contribution in [0.1, 0.15) is 75.7 Å². The van der Waals surface area contributed by atoms with Crippen LogP contribution in [-0.4, -0.2) is 41.2 Å². The molecule has 7 heteroatoms. The van der Waals surface area contributed by atoms with Gasteiger partial charge in [0.2, 0.25) is 0 Å². The van der Waals surface area contributed by atoms with Gasteiger partial charge in [-0.05, 0) is 49.4 Å². The Morgan fingerprint density at radius 2 is 1.70 bits per heavy atom. The van der Waals surface area contributed by atoms with Crippen molar-refractivity contribution in [2.24, 2.45) is 5.92 Å². The quantitative estimate of drug-likeness (QED) is 0.515. The van der Waals surface area contributed by atoms with Gasteiger partial charge in [-0.2, -0.15) is 0 Å². The van der Waals surface area contributed by atoms with Crippen LogP contribution in [0.15, 0.2) is 48.5 Å². The summed E-state index contributed by atoms with van der Waals surface area (Å²) in [5, 5.41) is 2.87. The number of carbonyl (C=O) groups excluding carboxylic acids is 4. The van der Waals surface area contributed by atoms with Crippen LogP contribution >= 0.6 is 0 Å². The second-order valence-corrected chi connectivity index (χ2v) is 8.74. The lowest BCUT2D eigenvalue weighted by Gasteiger charge is -2.22. The Bertz CT molecular complexity index is 1060. The first kappa shape index (κ1) is 22.7. The Hall–Kier alpha value is -3.48. The molecule has 0 aromatic heterocycles. The highest BCUT2D eigenvalue weighted by atomic mass is 16.5. The van der Waals surface area contributed by atoms with E-state index in [1.807, 2.05) is 30.3 Å². The minimum absolute atomic E-state index is 0.128. The fraction of sp³-hybridized carbons (Fsp3) is 0.385.